The Kier molecular flexibility index (Phi) is 12.0. The minimum Gasteiger partial charge on any atom is -0.481 e. The summed E-state index contributed by atoms with van der Waals surface area (Å²) in [6.45, 7) is 2.88. The standard InChI is InChI=1S/C34H56N2O6/c1-2-3-5-8-22-11-12-23(30(38)19-22)9-6-4-7-10-26(33(40)41)29(37)15-17-34(42)28-14-13-25(27(28)21-31(34)39)24-16-18-36-32(35)20-24/h11-12,16,20,22-23,25-31,36-39,42H,2-10,13-15,17-19,21,35H2,1H3,(H,40,41). The Morgan fingerprint density at radius 3 is 2.57 bits per heavy atom. The van der Waals surface area contributed by atoms with Gasteiger partial charge in [0, 0.05) is 12.5 Å². The van der Waals surface area contributed by atoms with Gasteiger partial charge in [-0.2, -0.15) is 0 Å². The van der Waals surface area contributed by atoms with Gasteiger partial charge in [0.25, 0.3) is 0 Å². The highest BCUT2D eigenvalue weighted by atomic mass is 16.4. The molecule has 1 aliphatic heterocycles. The van der Waals surface area contributed by atoms with Gasteiger partial charge in [0.1, 0.15) is 0 Å². The minimum absolute atomic E-state index is 0.0748. The predicted octanol–water partition coefficient (Wildman–Crippen LogP) is 4.38. The second-order valence-electron chi connectivity index (χ2n) is 13.7. The molecule has 238 valence electrons. The maximum absolute atomic E-state index is 12.0. The van der Waals surface area contributed by atoms with Crippen molar-refractivity contribution in [1.82, 2.24) is 5.32 Å². The molecule has 10 unspecified atom stereocenters. The Bertz CT molecular complexity index is 981. The molecule has 2 saturated carbocycles. The normalized spacial score (nSPS) is 35.7. The van der Waals surface area contributed by atoms with Gasteiger partial charge in [-0.3, -0.25) is 4.79 Å². The summed E-state index contributed by atoms with van der Waals surface area (Å²) < 4.78 is 0. The van der Waals surface area contributed by atoms with Crippen LogP contribution < -0.4 is 11.1 Å². The van der Waals surface area contributed by atoms with Crippen LogP contribution in [0.4, 0.5) is 0 Å². The second kappa shape index (κ2) is 15.2. The summed E-state index contributed by atoms with van der Waals surface area (Å²) in [7, 11) is 0. The van der Waals surface area contributed by atoms with E-state index in [9.17, 15) is 30.3 Å². The molecule has 1 heterocycles. The van der Waals surface area contributed by atoms with Crippen LogP contribution in [0.5, 0.6) is 0 Å². The zero-order valence-corrected chi connectivity index (χ0v) is 25.5. The molecule has 8 nitrogen and oxygen atoms in total. The number of dihydropyridines is 1. The van der Waals surface area contributed by atoms with E-state index in [1.54, 1.807) is 0 Å². The lowest BCUT2D eigenvalue weighted by Gasteiger charge is -2.34. The topological polar surface area (TPSA) is 156 Å². The molecule has 0 saturated heterocycles. The highest BCUT2D eigenvalue weighted by molar-refractivity contribution is 5.70. The molecular formula is C34H56N2O6. The van der Waals surface area contributed by atoms with Crippen LogP contribution >= 0.6 is 0 Å². The molecule has 0 aromatic rings. The summed E-state index contributed by atoms with van der Waals surface area (Å²) >= 11 is 0. The molecule has 4 aliphatic rings. The Balaban J connectivity index is 1.20. The quantitative estimate of drug-likeness (QED) is 0.103. The maximum Gasteiger partial charge on any atom is 0.309 e. The van der Waals surface area contributed by atoms with Crippen molar-refractivity contribution in [3.05, 3.63) is 35.7 Å². The van der Waals surface area contributed by atoms with E-state index >= 15 is 0 Å². The number of nitrogens with two attached hydrogens (primary N) is 1. The number of unbranched alkanes of at least 4 members (excludes halogenated alkanes) is 4. The van der Waals surface area contributed by atoms with Crippen LogP contribution in [0.15, 0.2) is 35.7 Å². The van der Waals surface area contributed by atoms with E-state index in [4.69, 9.17) is 5.73 Å². The zero-order chi connectivity index (χ0) is 30.3. The highest BCUT2D eigenvalue weighted by Crippen LogP contribution is 2.56. The smallest absolute Gasteiger partial charge is 0.309 e. The Morgan fingerprint density at radius 1 is 1.07 bits per heavy atom. The number of rotatable bonds is 16. The van der Waals surface area contributed by atoms with Crippen LogP contribution in [0.3, 0.4) is 0 Å². The first-order chi connectivity index (χ1) is 20.1. The molecule has 3 aliphatic carbocycles. The van der Waals surface area contributed by atoms with Crippen LogP contribution in [0.2, 0.25) is 0 Å². The molecule has 0 aromatic heterocycles. The summed E-state index contributed by atoms with van der Waals surface area (Å²) in [5, 5.41) is 57.0. The second-order valence-corrected chi connectivity index (χ2v) is 13.7. The van der Waals surface area contributed by atoms with Crippen molar-refractivity contribution in [2.75, 3.05) is 6.54 Å². The van der Waals surface area contributed by atoms with E-state index < -0.39 is 29.7 Å². The van der Waals surface area contributed by atoms with E-state index in [2.05, 4.69) is 30.5 Å². The first-order valence-electron chi connectivity index (χ1n) is 16.7. The van der Waals surface area contributed by atoms with Gasteiger partial charge in [-0.1, -0.05) is 63.7 Å². The number of carboxylic acids is 1. The van der Waals surface area contributed by atoms with E-state index in [0.29, 0.717) is 37.5 Å². The third-order valence-corrected chi connectivity index (χ3v) is 11.0. The highest BCUT2D eigenvalue weighted by Gasteiger charge is 2.58. The predicted molar refractivity (Wildman–Crippen MR) is 164 cm³/mol. The lowest BCUT2D eigenvalue weighted by Crippen LogP contribution is -2.44. The van der Waals surface area contributed by atoms with Crippen LogP contribution in [0, 0.1) is 35.5 Å². The van der Waals surface area contributed by atoms with E-state index in [0.717, 1.165) is 44.9 Å². The van der Waals surface area contributed by atoms with Gasteiger partial charge in [-0.25, -0.2) is 0 Å². The van der Waals surface area contributed by atoms with Crippen LogP contribution in [-0.2, 0) is 4.79 Å². The monoisotopic (exact) mass is 588 g/mol. The molecule has 8 N–H and O–H groups in total. The number of fused-ring (bicyclic) bond motifs is 1. The van der Waals surface area contributed by atoms with Crippen molar-refractivity contribution in [1.29, 1.82) is 0 Å². The van der Waals surface area contributed by atoms with Gasteiger partial charge >= 0.3 is 5.97 Å². The van der Waals surface area contributed by atoms with Gasteiger partial charge in [0.2, 0.25) is 0 Å². The van der Waals surface area contributed by atoms with Crippen molar-refractivity contribution >= 4 is 5.97 Å². The van der Waals surface area contributed by atoms with Gasteiger partial charge in [-0.15, -0.1) is 0 Å². The van der Waals surface area contributed by atoms with Crippen LogP contribution in [0.25, 0.3) is 0 Å². The SMILES string of the molecule is CCCCCC1C=CC(CCCCCC(C(=O)O)C(O)CCC2(O)C(O)CC3C(C4=CCNC(N)=C4)CCC32)C(O)C1. The number of nitrogens with one attached hydrogen (secondary N) is 1. The van der Waals surface area contributed by atoms with E-state index in [-0.39, 0.29) is 42.6 Å². The summed E-state index contributed by atoms with van der Waals surface area (Å²) in [6, 6.07) is 0. The van der Waals surface area contributed by atoms with Crippen molar-refractivity contribution in [3.8, 4) is 0 Å². The number of aliphatic carboxylic acids is 1. The number of carbonyl (C=O) groups is 1. The number of aliphatic hydroxyl groups is 4. The summed E-state index contributed by atoms with van der Waals surface area (Å²) in [6.07, 6.45) is 18.3. The number of carboxylic acid groups (broad SMARTS) is 1. The van der Waals surface area contributed by atoms with Crippen molar-refractivity contribution < 1.29 is 30.3 Å². The Hall–Kier alpha value is -1.87. The third kappa shape index (κ3) is 7.99. The van der Waals surface area contributed by atoms with Crippen molar-refractivity contribution in [3.63, 3.8) is 0 Å². The van der Waals surface area contributed by atoms with Gasteiger partial charge in [0.15, 0.2) is 0 Å². The third-order valence-electron chi connectivity index (χ3n) is 11.0. The molecule has 42 heavy (non-hydrogen) atoms. The van der Waals surface area contributed by atoms with Crippen LogP contribution in [-0.4, -0.2) is 62.0 Å². The molecule has 0 aromatic carbocycles. The fraction of sp³-hybridized carbons (Fsp3) is 0.794. The fourth-order valence-corrected chi connectivity index (χ4v) is 8.46. The maximum atomic E-state index is 12.0. The molecule has 0 bridgehead atoms. The summed E-state index contributed by atoms with van der Waals surface area (Å²) in [4.78, 5) is 12.0. The summed E-state index contributed by atoms with van der Waals surface area (Å²) in [5.41, 5.74) is 5.84. The molecule has 10 atom stereocenters. The molecular weight excluding hydrogens is 532 g/mol. The lowest BCUT2D eigenvalue weighted by atomic mass is 9.79. The molecule has 2 fully saturated rings. The van der Waals surface area contributed by atoms with Crippen molar-refractivity contribution in [2.45, 2.75) is 127 Å². The average molecular weight is 589 g/mol. The van der Waals surface area contributed by atoms with E-state index in [1.807, 2.05) is 6.08 Å². The first-order valence-corrected chi connectivity index (χ1v) is 16.7. The van der Waals surface area contributed by atoms with Crippen molar-refractivity contribution in [2.24, 2.45) is 41.2 Å². The van der Waals surface area contributed by atoms with Gasteiger partial charge in [0.05, 0.1) is 35.7 Å². The number of hydrogen-bond donors (Lipinski definition) is 7. The number of aliphatic hydroxyl groups excluding tert-OH is 3. The van der Waals surface area contributed by atoms with Crippen LogP contribution in [0.1, 0.15) is 103 Å². The average Bonchev–Trinajstić information content (AvgIpc) is 3.48. The molecule has 8 heteroatoms. The Labute approximate surface area is 252 Å². The number of allylic oxidation sites excluding steroid dienone is 3. The van der Waals surface area contributed by atoms with Gasteiger partial charge in [-0.05, 0) is 93.1 Å². The molecule has 0 amide bonds. The Morgan fingerprint density at radius 2 is 1.86 bits per heavy atom. The largest absolute Gasteiger partial charge is 0.481 e. The summed E-state index contributed by atoms with van der Waals surface area (Å²) in [5.74, 6) is -0.294. The lowest BCUT2D eigenvalue weighted by molar-refractivity contribution is -0.147. The van der Waals surface area contributed by atoms with Gasteiger partial charge < -0.3 is 36.6 Å². The number of hydrogen-bond acceptors (Lipinski definition) is 7. The molecule has 4 rings (SSSR count). The molecule has 0 spiro atoms. The minimum atomic E-state index is -1.31. The zero-order valence-electron chi connectivity index (χ0n) is 25.5. The van der Waals surface area contributed by atoms with E-state index in [1.165, 1.54) is 24.8 Å². The first kappa shape index (κ1) is 33.0. The molecule has 0 radical (unpaired) electrons. The fourth-order valence-electron chi connectivity index (χ4n) is 8.46.